The summed E-state index contributed by atoms with van der Waals surface area (Å²) in [7, 11) is 0. The first-order chi connectivity index (χ1) is 8.72. The lowest BCUT2D eigenvalue weighted by molar-refractivity contribution is -0.120. The number of benzene rings is 1. The van der Waals surface area contributed by atoms with E-state index >= 15 is 0 Å². The number of Topliss-reactive ketones (excluding diaryl/α,β-unsaturated/α-hetero) is 1. The van der Waals surface area contributed by atoms with Crippen LogP contribution in [0.25, 0.3) is 10.9 Å². The van der Waals surface area contributed by atoms with Gasteiger partial charge in [-0.15, -0.1) is 0 Å². The van der Waals surface area contributed by atoms with Crippen molar-refractivity contribution in [3.8, 4) is 0 Å². The summed E-state index contributed by atoms with van der Waals surface area (Å²) in [6.45, 7) is 1.99. The summed E-state index contributed by atoms with van der Waals surface area (Å²) in [5, 5.41) is 3.53. The number of rotatable bonds is 5. The van der Waals surface area contributed by atoms with Gasteiger partial charge >= 0.3 is 0 Å². The van der Waals surface area contributed by atoms with E-state index in [0.717, 1.165) is 17.3 Å². The van der Waals surface area contributed by atoms with Crippen molar-refractivity contribution < 1.29 is 9.59 Å². The number of hydrogen-bond donors (Lipinski definition) is 2. The summed E-state index contributed by atoms with van der Waals surface area (Å²) in [5.74, 6) is -0.150. The van der Waals surface area contributed by atoms with Gasteiger partial charge in [-0.2, -0.15) is 0 Å². The smallest absolute Gasteiger partial charge is 0.220 e. The van der Waals surface area contributed by atoms with Gasteiger partial charge in [-0.05, 0) is 12.5 Å². The fourth-order valence-electron chi connectivity index (χ4n) is 1.89. The molecule has 0 aliphatic heterocycles. The summed E-state index contributed by atoms with van der Waals surface area (Å²) in [4.78, 5) is 26.4. The third kappa shape index (κ3) is 2.59. The minimum Gasteiger partial charge on any atom is -0.360 e. The molecule has 0 aliphatic carbocycles. The van der Waals surface area contributed by atoms with Crippen LogP contribution in [0.5, 0.6) is 0 Å². The van der Waals surface area contributed by atoms with Gasteiger partial charge in [0, 0.05) is 29.1 Å². The van der Waals surface area contributed by atoms with E-state index in [1.165, 1.54) is 0 Å². The fourth-order valence-corrected chi connectivity index (χ4v) is 1.89. The van der Waals surface area contributed by atoms with Crippen LogP contribution in [-0.4, -0.2) is 23.2 Å². The predicted octanol–water partition coefficient (Wildman–Crippen LogP) is 2.27. The molecule has 2 aromatic rings. The Kier molecular flexibility index (Phi) is 3.77. The largest absolute Gasteiger partial charge is 0.360 e. The Morgan fingerprint density at radius 2 is 2.06 bits per heavy atom. The van der Waals surface area contributed by atoms with Crippen LogP contribution < -0.4 is 5.32 Å². The van der Waals surface area contributed by atoms with Crippen LogP contribution in [-0.2, 0) is 4.79 Å². The van der Waals surface area contributed by atoms with Gasteiger partial charge in [0.2, 0.25) is 5.91 Å². The number of aromatic amines is 1. The molecule has 1 heterocycles. The highest BCUT2D eigenvalue weighted by atomic mass is 16.2. The number of carbonyl (C=O) groups is 2. The SMILES string of the molecule is CCCC(=O)NCC(=O)c1c[nH]c2ccccc12. The Labute approximate surface area is 105 Å². The molecule has 4 heteroatoms. The minimum absolute atomic E-state index is 0.0562. The number of hydrogen-bond acceptors (Lipinski definition) is 2. The Morgan fingerprint density at radius 3 is 2.83 bits per heavy atom. The topological polar surface area (TPSA) is 62.0 Å². The fraction of sp³-hybridized carbons (Fsp3) is 0.286. The second-order valence-corrected chi connectivity index (χ2v) is 4.20. The Hall–Kier alpha value is -2.10. The molecule has 2 rings (SSSR count). The van der Waals surface area contributed by atoms with Crippen LogP contribution >= 0.6 is 0 Å². The van der Waals surface area contributed by atoms with Crippen molar-refractivity contribution in [2.24, 2.45) is 0 Å². The quantitative estimate of drug-likeness (QED) is 0.792. The Bertz CT molecular complexity index is 572. The molecule has 0 unspecified atom stereocenters. The zero-order valence-corrected chi connectivity index (χ0v) is 10.3. The van der Waals surface area contributed by atoms with Crippen molar-refractivity contribution in [3.63, 3.8) is 0 Å². The van der Waals surface area contributed by atoms with E-state index in [1.807, 2.05) is 31.2 Å². The first kappa shape index (κ1) is 12.4. The maximum absolute atomic E-state index is 12.0. The van der Waals surface area contributed by atoms with Gasteiger partial charge in [0.1, 0.15) is 0 Å². The van der Waals surface area contributed by atoms with Crippen LogP contribution in [0, 0.1) is 0 Å². The van der Waals surface area contributed by atoms with E-state index in [9.17, 15) is 9.59 Å². The molecule has 0 fully saturated rings. The molecular weight excluding hydrogens is 228 g/mol. The first-order valence-electron chi connectivity index (χ1n) is 6.08. The highest BCUT2D eigenvalue weighted by Gasteiger charge is 2.12. The molecule has 0 saturated carbocycles. The summed E-state index contributed by atoms with van der Waals surface area (Å²) >= 11 is 0. The molecule has 94 valence electrons. The van der Waals surface area contributed by atoms with Crippen molar-refractivity contribution in [2.45, 2.75) is 19.8 Å². The molecule has 0 radical (unpaired) electrons. The number of fused-ring (bicyclic) bond motifs is 1. The van der Waals surface area contributed by atoms with Gasteiger partial charge in [0.25, 0.3) is 0 Å². The molecule has 0 spiro atoms. The van der Waals surface area contributed by atoms with Gasteiger partial charge < -0.3 is 10.3 Å². The standard InChI is InChI=1S/C14H16N2O2/c1-2-5-14(18)16-9-13(17)11-8-15-12-7-4-3-6-10(11)12/h3-4,6-8,15H,2,5,9H2,1H3,(H,16,18). The monoisotopic (exact) mass is 244 g/mol. The molecule has 2 N–H and O–H groups in total. The van der Waals surface area contributed by atoms with Gasteiger partial charge in [-0.25, -0.2) is 0 Å². The maximum Gasteiger partial charge on any atom is 0.220 e. The molecule has 0 bridgehead atoms. The number of aromatic nitrogens is 1. The summed E-state index contributed by atoms with van der Waals surface area (Å²) < 4.78 is 0. The van der Waals surface area contributed by atoms with Crippen LogP contribution in [0.1, 0.15) is 30.1 Å². The van der Waals surface area contributed by atoms with E-state index in [2.05, 4.69) is 10.3 Å². The van der Waals surface area contributed by atoms with E-state index in [4.69, 9.17) is 0 Å². The molecule has 0 saturated heterocycles. The lowest BCUT2D eigenvalue weighted by Crippen LogP contribution is -2.29. The number of amides is 1. The average molecular weight is 244 g/mol. The lowest BCUT2D eigenvalue weighted by atomic mass is 10.1. The van der Waals surface area contributed by atoms with Crippen LogP contribution in [0.2, 0.25) is 0 Å². The van der Waals surface area contributed by atoms with Crippen LogP contribution in [0.4, 0.5) is 0 Å². The molecule has 0 atom stereocenters. The van der Waals surface area contributed by atoms with Crippen molar-refractivity contribution in [2.75, 3.05) is 6.54 Å². The normalized spacial score (nSPS) is 10.5. The van der Waals surface area contributed by atoms with Crippen molar-refractivity contribution in [1.29, 1.82) is 0 Å². The van der Waals surface area contributed by atoms with E-state index in [0.29, 0.717) is 12.0 Å². The first-order valence-corrected chi connectivity index (χ1v) is 6.08. The summed E-state index contributed by atoms with van der Waals surface area (Å²) in [6.07, 6.45) is 2.94. The van der Waals surface area contributed by atoms with Gasteiger partial charge in [-0.3, -0.25) is 9.59 Å². The molecule has 18 heavy (non-hydrogen) atoms. The zero-order chi connectivity index (χ0) is 13.0. The number of carbonyl (C=O) groups excluding carboxylic acids is 2. The van der Waals surface area contributed by atoms with Crippen molar-refractivity contribution in [3.05, 3.63) is 36.0 Å². The molecule has 1 aromatic heterocycles. The minimum atomic E-state index is -0.0781. The number of ketones is 1. The van der Waals surface area contributed by atoms with Gasteiger partial charge in [0.15, 0.2) is 5.78 Å². The molecule has 4 nitrogen and oxygen atoms in total. The zero-order valence-electron chi connectivity index (χ0n) is 10.3. The molecule has 1 aromatic carbocycles. The Morgan fingerprint density at radius 1 is 1.28 bits per heavy atom. The average Bonchev–Trinajstić information content (AvgIpc) is 2.80. The van der Waals surface area contributed by atoms with Crippen molar-refractivity contribution in [1.82, 2.24) is 10.3 Å². The second kappa shape index (κ2) is 5.49. The molecular formula is C14H16N2O2. The maximum atomic E-state index is 12.0. The molecule has 1 amide bonds. The number of H-pyrrole nitrogens is 1. The third-order valence-corrected chi connectivity index (χ3v) is 2.81. The van der Waals surface area contributed by atoms with Gasteiger partial charge in [0.05, 0.1) is 6.54 Å². The summed E-state index contributed by atoms with van der Waals surface area (Å²) in [5.41, 5.74) is 1.56. The highest BCUT2D eigenvalue weighted by molar-refractivity contribution is 6.09. The summed E-state index contributed by atoms with van der Waals surface area (Å²) in [6, 6.07) is 7.62. The number of para-hydroxylation sites is 1. The lowest BCUT2D eigenvalue weighted by Gasteiger charge is -2.02. The third-order valence-electron chi connectivity index (χ3n) is 2.81. The number of nitrogens with one attached hydrogen (secondary N) is 2. The van der Waals surface area contributed by atoms with Crippen LogP contribution in [0.3, 0.4) is 0 Å². The highest BCUT2D eigenvalue weighted by Crippen LogP contribution is 2.17. The Balaban J connectivity index is 2.07. The van der Waals surface area contributed by atoms with Crippen molar-refractivity contribution >= 4 is 22.6 Å². The van der Waals surface area contributed by atoms with Gasteiger partial charge in [-0.1, -0.05) is 25.1 Å². The second-order valence-electron chi connectivity index (χ2n) is 4.20. The van der Waals surface area contributed by atoms with Crippen LogP contribution in [0.15, 0.2) is 30.5 Å². The van der Waals surface area contributed by atoms with E-state index < -0.39 is 0 Å². The molecule has 0 aliphatic rings. The van der Waals surface area contributed by atoms with E-state index in [-0.39, 0.29) is 18.2 Å². The van der Waals surface area contributed by atoms with E-state index in [1.54, 1.807) is 6.20 Å². The predicted molar refractivity (Wildman–Crippen MR) is 70.5 cm³/mol.